The van der Waals surface area contributed by atoms with Gasteiger partial charge in [-0.2, -0.15) is 0 Å². The molecule has 0 N–H and O–H groups in total. The van der Waals surface area contributed by atoms with Crippen LogP contribution >= 0.6 is 0 Å². The largest absolute Gasteiger partial charge is 0.349 e. The molecule has 0 heterocycles. The van der Waals surface area contributed by atoms with E-state index in [9.17, 15) is 9.59 Å². The molecule has 1 unspecified atom stereocenters. The van der Waals surface area contributed by atoms with Gasteiger partial charge in [-0.05, 0) is 0 Å². The van der Waals surface area contributed by atoms with Gasteiger partial charge < -0.3 is 9.47 Å². The Morgan fingerprint density at radius 3 is 2.54 bits per heavy atom. The Labute approximate surface area is 76.5 Å². The third-order valence-electron chi connectivity index (χ3n) is 1.96. The zero-order valence-electron chi connectivity index (χ0n) is 7.65. The first-order valence-electron chi connectivity index (χ1n) is 3.99. The molecule has 1 atom stereocenters. The molecule has 0 saturated heterocycles. The van der Waals surface area contributed by atoms with E-state index in [0.29, 0.717) is 6.42 Å². The summed E-state index contributed by atoms with van der Waals surface area (Å²) in [6.45, 7) is 0. The molecule has 0 aromatic rings. The SMILES string of the molecule is COC(OC)C(=O)C1C=CCC1=O. The van der Waals surface area contributed by atoms with Crippen LogP contribution in [0.5, 0.6) is 0 Å². The van der Waals surface area contributed by atoms with Crippen molar-refractivity contribution in [1.29, 1.82) is 0 Å². The normalized spacial score (nSPS) is 21.5. The number of ketones is 2. The minimum atomic E-state index is -0.934. The first-order chi connectivity index (χ1) is 6.20. The van der Waals surface area contributed by atoms with Crippen LogP contribution in [0, 0.1) is 5.92 Å². The molecule has 1 aliphatic carbocycles. The molecule has 0 aromatic heterocycles. The molecule has 0 aromatic carbocycles. The molecule has 0 spiro atoms. The number of rotatable bonds is 4. The van der Waals surface area contributed by atoms with Crippen LogP contribution in [-0.4, -0.2) is 32.1 Å². The number of carbonyl (C=O) groups excluding carboxylic acids is 2. The van der Waals surface area contributed by atoms with E-state index in [1.54, 1.807) is 12.2 Å². The van der Waals surface area contributed by atoms with Gasteiger partial charge in [0.05, 0.1) is 5.92 Å². The number of Topliss-reactive ketones (excluding diaryl/α,β-unsaturated/α-hetero) is 2. The maximum Gasteiger partial charge on any atom is 0.218 e. The van der Waals surface area contributed by atoms with Crippen molar-refractivity contribution in [3.8, 4) is 0 Å². The molecule has 4 nitrogen and oxygen atoms in total. The first-order valence-corrected chi connectivity index (χ1v) is 3.99. The van der Waals surface area contributed by atoms with E-state index in [-0.39, 0.29) is 11.6 Å². The molecule has 72 valence electrons. The number of hydrogen-bond acceptors (Lipinski definition) is 4. The van der Waals surface area contributed by atoms with E-state index in [1.807, 2.05) is 0 Å². The van der Waals surface area contributed by atoms with Crippen LogP contribution in [0.25, 0.3) is 0 Å². The fourth-order valence-electron chi connectivity index (χ4n) is 1.28. The zero-order chi connectivity index (χ0) is 9.84. The van der Waals surface area contributed by atoms with Crippen LogP contribution in [0.3, 0.4) is 0 Å². The van der Waals surface area contributed by atoms with Gasteiger partial charge >= 0.3 is 0 Å². The van der Waals surface area contributed by atoms with Crippen molar-refractivity contribution in [2.45, 2.75) is 12.7 Å². The molecule has 0 aliphatic heterocycles. The highest BCUT2D eigenvalue weighted by atomic mass is 16.7. The van der Waals surface area contributed by atoms with Crippen LogP contribution in [0.2, 0.25) is 0 Å². The molecular weight excluding hydrogens is 172 g/mol. The standard InChI is InChI=1S/C9H12O4/c1-12-9(13-2)8(11)6-4-3-5-7(6)10/h3-4,6,9H,5H2,1-2H3. The smallest absolute Gasteiger partial charge is 0.218 e. The summed E-state index contributed by atoms with van der Waals surface area (Å²) >= 11 is 0. The van der Waals surface area contributed by atoms with E-state index in [0.717, 1.165) is 0 Å². The zero-order valence-corrected chi connectivity index (χ0v) is 7.65. The summed E-state index contributed by atoms with van der Waals surface area (Å²) in [6, 6.07) is 0. The van der Waals surface area contributed by atoms with Crippen LogP contribution in [0.4, 0.5) is 0 Å². The van der Waals surface area contributed by atoms with Crippen molar-refractivity contribution in [1.82, 2.24) is 0 Å². The second-order valence-corrected chi connectivity index (χ2v) is 2.78. The maximum absolute atomic E-state index is 11.5. The molecule has 0 saturated carbocycles. The van der Waals surface area contributed by atoms with Crippen molar-refractivity contribution >= 4 is 11.6 Å². The summed E-state index contributed by atoms with van der Waals surface area (Å²) in [5, 5.41) is 0. The van der Waals surface area contributed by atoms with Crippen molar-refractivity contribution in [3.05, 3.63) is 12.2 Å². The molecule has 4 heteroatoms. The van der Waals surface area contributed by atoms with Crippen LogP contribution in [-0.2, 0) is 19.1 Å². The lowest BCUT2D eigenvalue weighted by Crippen LogP contribution is -2.33. The van der Waals surface area contributed by atoms with Gasteiger partial charge in [-0.3, -0.25) is 9.59 Å². The summed E-state index contributed by atoms with van der Waals surface area (Å²) in [4.78, 5) is 22.7. The molecule has 1 rings (SSSR count). The second-order valence-electron chi connectivity index (χ2n) is 2.78. The number of allylic oxidation sites excluding steroid dienone is 2. The van der Waals surface area contributed by atoms with Crippen LogP contribution < -0.4 is 0 Å². The number of ether oxygens (including phenoxy) is 2. The van der Waals surface area contributed by atoms with Crippen molar-refractivity contribution < 1.29 is 19.1 Å². The minimum Gasteiger partial charge on any atom is -0.349 e. The summed E-state index contributed by atoms with van der Waals surface area (Å²) in [6.07, 6.45) is 2.68. The number of methoxy groups -OCH3 is 2. The van der Waals surface area contributed by atoms with Gasteiger partial charge in [0, 0.05) is 20.6 Å². The Hall–Kier alpha value is -1.00. The van der Waals surface area contributed by atoms with E-state index >= 15 is 0 Å². The van der Waals surface area contributed by atoms with Gasteiger partial charge in [0.25, 0.3) is 0 Å². The highest BCUT2D eigenvalue weighted by Crippen LogP contribution is 2.16. The van der Waals surface area contributed by atoms with Crippen LogP contribution in [0.1, 0.15) is 6.42 Å². The fraction of sp³-hybridized carbons (Fsp3) is 0.556. The molecule has 13 heavy (non-hydrogen) atoms. The molecule has 0 radical (unpaired) electrons. The van der Waals surface area contributed by atoms with Crippen molar-refractivity contribution in [2.24, 2.45) is 5.92 Å². The highest BCUT2D eigenvalue weighted by molar-refractivity contribution is 6.07. The fourth-order valence-corrected chi connectivity index (χ4v) is 1.28. The Morgan fingerprint density at radius 1 is 1.54 bits per heavy atom. The minimum absolute atomic E-state index is 0.0934. The van der Waals surface area contributed by atoms with E-state index < -0.39 is 12.2 Å². The highest BCUT2D eigenvalue weighted by Gasteiger charge is 2.32. The quantitative estimate of drug-likeness (QED) is 0.358. The number of hydrogen-bond donors (Lipinski definition) is 0. The Morgan fingerprint density at radius 2 is 2.15 bits per heavy atom. The Kier molecular flexibility index (Phi) is 3.33. The number of carbonyl (C=O) groups is 2. The Balaban J connectivity index is 2.65. The summed E-state index contributed by atoms with van der Waals surface area (Å²) in [5.41, 5.74) is 0. The topological polar surface area (TPSA) is 52.6 Å². The average Bonchev–Trinajstić information content (AvgIpc) is 2.53. The molecule has 0 amide bonds. The molecule has 0 fully saturated rings. The lowest BCUT2D eigenvalue weighted by molar-refractivity contribution is -0.160. The predicted octanol–water partition coefficient (Wildman–Crippen LogP) is 0.320. The summed E-state index contributed by atoms with van der Waals surface area (Å²) in [5.74, 6) is -1.10. The van der Waals surface area contributed by atoms with E-state index in [4.69, 9.17) is 9.47 Å². The van der Waals surface area contributed by atoms with Gasteiger partial charge in [-0.15, -0.1) is 0 Å². The van der Waals surface area contributed by atoms with Crippen molar-refractivity contribution in [2.75, 3.05) is 14.2 Å². The Bertz CT molecular complexity index is 240. The van der Waals surface area contributed by atoms with Gasteiger partial charge in [0.2, 0.25) is 12.1 Å². The average molecular weight is 184 g/mol. The first kappa shape index (κ1) is 10.1. The molecule has 1 aliphatic rings. The third kappa shape index (κ3) is 2.02. The van der Waals surface area contributed by atoms with Crippen LogP contribution in [0.15, 0.2) is 12.2 Å². The van der Waals surface area contributed by atoms with E-state index in [1.165, 1.54) is 14.2 Å². The van der Waals surface area contributed by atoms with Crippen molar-refractivity contribution in [3.63, 3.8) is 0 Å². The van der Waals surface area contributed by atoms with Gasteiger partial charge in [-0.1, -0.05) is 12.2 Å². The molecule has 0 bridgehead atoms. The lowest BCUT2D eigenvalue weighted by Gasteiger charge is -2.14. The second kappa shape index (κ2) is 4.30. The lowest BCUT2D eigenvalue weighted by atomic mass is 10.0. The summed E-state index contributed by atoms with van der Waals surface area (Å²) < 4.78 is 9.53. The predicted molar refractivity (Wildman–Crippen MR) is 45.1 cm³/mol. The maximum atomic E-state index is 11.5. The van der Waals surface area contributed by atoms with Gasteiger partial charge in [-0.25, -0.2) is 0 Å². The van der Waals surface area contributed by atoms with Gasteiger partial charge in [0.15, 0.2) is 5.78 Å². The van der Waals surface area contributed by atoms with E-state index in [2.05, 4.69) is 0 Å². The molecular formula is C9H12O4. The summed E-state index contributed by atoms with van der Waals surface area (Å²) in [7, 11) is 2.74. The third-order valence-corrected chi connectivity index (χ3v) is 1.96. The van der Waals surface area contributed by atoms with Gasteiger partial charge in [0.1, 0.15) is 0 Å². The monoisotopic (exact) mass is 184 g/mol.